The summed E-state index contributed by atoms with van der Waals surface area (Å²) in [6, 6.07) is 19.3. The number of nitrogens with zero attached hydrogens (tertiary/aromatic N) is 2. The Hall–Kier alpha value is -3.85. The first-order chi connectivity index (χ1) is 17.7. The van der Waals surface area contributed by atoms with Gasteiger partial charge in [0.15, 0.2) is 11.4 Å². The number of hydrogen-bond acceptors (Lipinski definition) is 7. The number of carboxylic acids is 1. The number of esters is 1. The largest absolute Gasteiger partial charge is 0.493 e. The van der Waals surface area contributed by atoms with E-state index in [0.717, 1.165) is 11.1 Å². The molecule has 1 amide bonds. The first kappa shape index (κ1) is 27.7. The SMILES string of the molecule is COc1ccnc(C(=O)N(C(C)C(SCc2ccccc2)c2ccccc2)[C@@H](C)C(=O)O)c1OC(C)=O. The van der Waals surface area contributed by atoms with E-state index >= 15 is 0 Å². The van der Waals surface area contributed by atoms with Gasteiger partial charge >= 0.3 is 11.9 Å². The second-order valence-electron chi connectivity index (χ2n) is 8.38. The van der Waals surface area contributed by atoms with Crippen LogP contribution in [0.3, 0.4) is 0 Å². The molecule has 0 saturated carbocycles. The molecule has 0 aliphatic rings. The van der Waals surface area contributed by atoms with E-state index in [0.29, 0.717) is 5.75 Å². The molecule has 3 atom stereocenters. The number of benzene rings is 2. The summed E-state index contributed by atoms with van der Waals surface area (Å²) in [4.78, 5) is 43.4. The molecule has 1 heterocycles. The summed E-state index contributed by atoms with van der Waals surface area (Å²) in [5.41, 5.74) is 1.86. The van der Waals surface area contributed by atoms with E-state index < -0.39 is 29.9 Å². The fourth-order valence-electron chi connectivity index (χ4n) is 4.00. The van der Waals surface area contributed by atoms with Crippen LogP contribution in [-0.4, -0.2) is 52.0 Å². The van der Waals surface area contributed by atoms with Crippen LogP contribution in [0.25, 0.3) is 0 Å². The van der Waals surface area contributed by atoms with Crippen LogP contribution in [0.1, 0.15) is 47.6 Å². The molecule has 0 saturated heterocycles. The van der Waals surface area contributed by atoms with Crippen LogP contribution in [0, 0.1) is 0 Å². The highest BCUT2D eigenvalue weighted by Gasteiger charge is 2.38. The molecule has 0 aliphatic carbocycles. The topological polar surface area (TPSA) is 106 Å². The Balaban J connectivity index is 2.06. The van der Waals surface area contributed by atoms with E-state index in [1.165, 1.54) is 38.1 Å². The normalized spacial score (nSPS) is 13.2. The Morgan fingerprint density at radius 2 is 1.62 bits per heavy atom. The van der Waals surface area contributed by atoms with Gasteiger partial charge in [-0.2, -0.15) is 0 Å². The monoisotopic (exact) mass is 522 g/mol. The van der Waals surface area contributed by atoms with Crippen molar-refractivity contribution in [3.05, 3.63) is 89.7 Å². The third kappa shape index (κ3) is 6.89. The van der Waals surface area contributed by atoms with Crippen molar-refractivity contribution in [3.8, 4) is 11.5 Å². The van der Waals surface area contributed by atoms with Crippen molar-refractivity contribution in [1.82, 2.24) is 9.88 Å². The molecule has 0 fully saturated rings. The Kier molecular flexibility index (Phi) is 9.68. The predicted octanol–water partition coefficient (Wildman–Crippen LogP) is 4.99. The zero-order valence-electron chi connectivity index (χ0n) is 21.2. The third-order valence-corrected chi connectivity index (χ3v) is 7.35. The summed E-state index contributed by atoms with van der Waals surface area (Å²) < 4.78 is 10.6. The molecule has 3 aromatic rings. The lowest BCUT2D eigenvalue weighted by Crippen LogP contribution is -2.50. The number of carbonyl (C=O) groups is 3. The van der Waals surface area contributed by atoms with Gasteiger partial charge in [0.05, 0.1) is 12.4 Å². The Bertz CT molecular complexity index is 1220. The van der Waals surface area contributed by atoms with Crippen LogP contribution in [-0.2, 0) is 15.3 Å². The number of pyridine rings is 1. The number of methoxy groups -OCH3 is 1. The van der Waals surface area contributed by atoms with Gasteiger partial charge in [0.25, 0.3) is 5.91 Å². The van der Waals surface area contributed by atoms with Gasteiger partial charge in [-0.1, -0.05) is 60.7 Å². The van der Waals surface area contributed by atoms with E-state index in [1.807, 2.05) is 67.6 Å². The van der Waals surface area contributed by atoms with Crippen LogP contribution >= 0.6 is 11.8 Å². The lowest BCUT2D eigenvalue weighted by atomic mass is 10.0. The van der Waals surface area contributed by atoms with Gasteiger partial charge < -0.3 is 19.5 Å². The molecule has 1 N–H and O–H groups in total. The first-order valence-corrected chi connectivity index (χ1v) is 12.8. The van der Waals surface area contributed by atoms with Gasteiger partial charge in [-0.15, -0.1) is 11.8 Å². The minimum absolute atomic E-state index is 0.141. The first-order valence-electron chi connectivity index (χ1n) is 11.7. The number of ether oxygens (including phenoxy) is 2. The molecular weight excluding hydrogens is 492 g/mol. The van der Waals surface area contributed by atoms with Crippen molar-refractivity contribution >= 4 is 29.6 Å². The van der Waals surface area contributed by atoms with Gasteiger partial charge in [-0.25, -0.2) is 9.78 Å². The molecule has 0 bridgehead atoms. The van der Waals surface area contributed by atoms with Gasteiger partial charge in [0.1, 0.15) is 6.04 Å². The quantitative estimate of drug-likeness (QED) is 0.351. The van der Waals surface area contributed by atoms with Crippen molar-refractivity contribution in [2.45, 2.75) is 43.9 Å². The molecule has 194 valence electrons. The number of hydrogen-bond donors (Lipinski definition) is 1. The molecule has 0 radical (unpaired) electrons. The molecule has 1 aromatic heterocycles. The van der Waals surface area contributed by atoms with Crippen molar-refractivity contribution in [1.29, 1.82) is 0 Å². The molecule has 37 heavy (non-hydrogen) atoms. The summed E-state index contributed by atoms with van der Waals surface area (Å²) in [6.07, 6.45) is 1.35. The van der Waals surface area contributed by atoms with Crippen LogP contribution < -0.4 is 9.47 Å². The summed E-state index contributed by atoms with van der Waals surface area (Å²) in [6.45, 7) is 4.47. The van der Waals surface area contributed by atoms with E-state index in [1.54, 1.807) is 11.8 Å². The Labute approximate surface area is 220 Å². The number of rotatable bonds is 11. The van der Waals surface area contributed by atoms with Crippen molar-refractivity contribution in [2.24, 2.45) is 0 Å². The van der Waals surface area contributed by atoms with Crippen LogP contribution in [0.2, 0.25) is 0 Å². The van der Waals surface area contributed by atoms with Gasteiger partial charge in [-0.05, 0) is 25.0 Å². The van der Waals surface area contributed by atoms with Gasteiger partial charge in [0.2, 0.25) is 5.75 Å². The standard InChI is InChI=1S/C28H30N2O6S/c1-18(26(22-13-9-6-10-14-22)37-17-21-11-7-5-8-12-21)30(19(2)28(33)34)27(32)24-25(36-20(3)31)23(35-4)15-16-29-24/h5-16,18-19,26H,17H2,1-4H3,(H,33,34)/t18?,19-,26?/m0/s1. The zero-order valence-corrected chi connectivity index (χ0v) is 22.0. The fourth-order valence-corrected chi connectivity index (χ4v) is 5.33. The summed E-state index contributed by atoms with van der Waals surface area (Å²) in [5, 5.41) is 9.67. The lowest BCUT2D eigenvalue weighted by molar-refractivity contribution is -0.142. The molecule has 0 spiro atoms. The second-order valence-corrected chi connectivity index (χ2v) is 9.51. The smallest absolute Gasteiger partial charge is 0.326 e. The average molecular weight is 523 g/mol. The summed E-state index contributed by atoms with van der Waals surface area (Å²) >= 11 is 1.61. The highest BCUT2D eigenvalue weighted by Crippen LogP contribution is 2.39. The Morgan fingerprint density at radius 3 is 2.19 bits per heavy atom. The van der Waals surface area contributed by atoms with Gasteiger partial charge in [0, 0.05) is 31.0 Å². The summed E-state index contributed by atoms with van der Waals surface area (Å²) in [5.74, 6) is -1.86. The zero-order chi connectivity index (χ0) is 26.9. The minimum atomic E-state index is -1.19. The molecule has 2 unspecified atom stereocenters. The molecule has 8 nitrogen and oxygen atoms in total. The average Bonchev–Trinajstić information content (AvgIpc) is 2.89. The van der Waals surface area contributed by atoms with E-state index in [9.17, 15) is 19.5 Å². The number of aromatic nitrogens is 1. The highest BCUT2D eigenvalue weighted by atomic mass is 32.2. The Morgan fingerprint density at radius 1 is 1.00 bits per heavy atom. The third-order valence-electron chi connectivity index (χ3n) is 5.82. The number of carboxylic acid groups (broad SMARTS) is 1. The number of amides is 1. The second kappa shape index (κ2) is 12.9. The van der Waals surface area contributed by atoms with Crippen LogP contribution in [0.5, 0.6) is 11.5 Å². The van der Waals surface area contributed by atoms with Gasteiger partial charge in [-0.3, -0.25) is 9.59 Å². The van der Waals surface area contributed by atoms with E-state index in [2.05, 4.69) is 4.98 Å². The number of aliphatic carboxylic acids is 1. The molecular formula is C28H30N2O6S. The number of carbonyl (C=O) groups excluding carboxylic acids is 2. The summed E-state index contributed by atoms with van der Waals surface area (Å²) in [7, 11) is 1.38. The predicted molar refractivity (Wildman–Crippen MR) is 142 cm³/mol. The lowest BCUT2D eigenvalue weighted by Gasteiger charge is -2.37. The molecule has 9 heteroatoms. The highest BCUT2D eigenvalue weighted by molar-refractivity contribution is 7.98. The van der Waals surface area contributed by atoms with Crippen LogP contribution in [0.4, 0.5) is 0 Å². The molecule has 3 rings (SSSR count). The molecule has 0 aliphatic heterocycles. The fraction of sp³-hybridized carbons (Fsp3) is 0.286. The molecule has 2 aromatic carbocycles. The minimum Gasteiger partial charge on any atom is -0.493 e. The number of thioether (sulfide) groups is 1. The van der Waals surface area contributed by atoms with Crippen LogP contribution in [0.15, 0.2) is 72.9 Å². The van der Waals surface area contributed by atoms with Crippen molar-refractivity contribution in [2.75, 3.05) is 7.11 Å². The van der Waals surface area contributed by atoms with E-state index in [4.69, 9.17) is 9.47 Å². The van der Waals surface area contributed by atoms with Crippen molar-refractivity contribution in [3.63, 3.8) is 0 Å². The maximum absolute atomic E-state index is 14.0. The van der Waals surface area contributed by atoms with Crippen molar-refractivity contribution < 1.29 is 29.0 Å². The van der Waals surface area contributed by atoms with E-state index in [-0.39, 0.29) is 22.4 Å². The maximum atomic E-state index is 14.0. The maximum Gasteiger partial charge on any atom is 0.326 e.